The molecule has 94 valence electrons. The number of nitrogens with one attached hydrogen (secondary N) is 1. The Morgan fingerprint density at radius 2 is 1.94 bits per heavy atom. The monoisotopic (exact) mass is 243 g/mol. The molecule has 0 aliphatic heterocycles. The van der Waals surface area contributed by atoms with Gasteiger partial charge in [-0.15, -0.1) is 0 Å². The molecule has 0 spiro atoms. The van der Waals surface area contributed by atoms with Crippen LogP contribution in [0.25, 0.3) is 11.0 Å². The Hall–Kier alpha value is -1.77. The van der Waals surface area contributed by atoms with Crippen molar-refractivity contribution in [3.8, 4) is 0 Å². The molecule has 1 aliphatic rings. The standard InChI is InChI=1S/C15H17NO2/c17-15(16-11-6-2-1-3-7-11)13-10-18-14-9-5-4-8-12(13)14/h4-5,8-11H,1-3,6-7H2,(H,16,17). The molecule has 0 unspecified atom stereocenters. The van der Waals surface area contributed by atoms with E-state index in [-0.39, 0.29) is 5.91 Å². The molecular formula is C15H17NO2. The van der Waals surface area contributed by atoms with Crippen LogP contribution in [-0.4, -0.2) is 11.9 Å². The Kier molecular flexibility index (Phi) is 3.05. The molecule has 1 heterocycles. The van der Waals surface area contributed by atoms with Crippen LogP contribution in [-0.2, 0) is 0 Å². The van der Waals surface area contributed by atoms with E-state index >= 15 is 0 Å². The molecule has 2 aromatic rings. The number of amides is 1. The summed E-state index contributed by atoms with van der Waals surface area (Å²) >= 11 is 0. The predicted molar refractivity (Wildman–Crippen MR) is 70.6 cm³/mol. The van der Waals surface area contributed by atoms with Gasteiger partial charge in [0.15, 0.2) is 0 Å². The highest BCUT2D eigenvalue weighted by molar-refractivity contribution is 6.05. The number of hydrogen-bond acceptors (Lipinski definition) is 2. The topological polar surface area (TPSA) is 42.2 Å². The van der Waals surface area contributed by atoms with Crippen LogP contribution < -0.4 is 5.32 Å². The Bertz CT molecular complexity index is 552. The van der Waals surface area contributed by atoms with Crippen molar-refractivity contribution < 1.29 is 9.21 Å². The molecule has 3 nitrogen and oxygen atoms in total. The van der Waals surface area contributed by atoms with Crippen molar-refractivity contribution in [2.24, 2.45) is 0 Å². The fraction of sp³-hybridized carbons (Fsp3) is 0.400. The molecule has 1 aromatic carbocycles. The van der Waals surface area contributed by atoms with Crippen molar-refractivity contribution in [2.45, 2.75) is 38.1 Å². The molecule has 18 heavy (non-hydrogen) atoms. The molecule has 1 aliphatic carbocycles. The van der Waals surface area contributed by atoms with E-state index in [2.05, 4.69) is 5.32 Å². The molecule has 3 rings (SSSR count). The van der Waals surface area contributed by atoms with Crippen LogP contribution in [0.4, 0.5) is 0 Å². The zero-order valence-electron chi connectivity index (χ0n) is 10.3. The molecule has 0 saturated heterocycles. The molecule has 0 atom stereocenters. The number of carbonyl (C=O) groups excluding carboxylic acids is 1. The Morgan fingerprint density at radius 1 is 1.17 bits per heavy atom. The molecule has 0 radical (unpaired) electrons. The summed E-state index contributed by atoms with van der Waals surface area (Å²) in [4.78, 5) is 12.2. The number of benzene rings is 1. The summed E-state index contributed by atoms with van der Waals surface area (Å²) in [6.07, 6.45) is 7.49. The van der Waals surface area contributed by atoms with Crippen LogP contribution in [0.15, 0.2) is 34.9 Å². The summed E-state index contributed by atoms with van der Waals surface area (Å²) in [5.41, 5.74) is 1.42. The van der Waals surface area contributed by atoms with Gasteiger partial charge in [0.05, 0.1) is 5.56 Å². The van der Waals surface area contributed by atoms with Gasteiger partial charge in [0.1, 0.15) is 11.8 Å². The van der Waals surface area contributed by atoms with Crippen LogP contribution >= 0.6 is 0 Å². The minimum Gasteiger partial charge on any atom is -0.463 e. The summed E-state index contributed by atoms with van der Waals surface area (Å²) in [6.45, 7) is 0. The lowest BCUT2D eigenvalue weighted by Crippen LogP contribution is -2.36. The third-order valence-corrected chi connectivity index (χ3v) is 3.67. The van der Waals surface area contributed by atoms with E-state index < -0.39 is 0 Å². The van der Waals surface area contributed by atoms with Gasteiger partial charge < -0.3 is 9.73 Å². The zero-order chi connectivity index (χ0) is 12.4. The number of rotatable bonds is 2. The lowest BCUT2D eigenvalue weighted by atomic mass is 9.95. The maximum atomic E-state index is 12.2. The SMILES string of the molecule is O=C(NC1CCCCC1)c1coc2ccccc12. The third kappa shape index (κ3) is 2.13. The molecule has 0 bridgehead atoms. The Labute approximate surface area is 106 Å². The first-order valence-corrected chi connectivity index (χ1v) is 6.62. The van der Waals surface area contributed by atoms with Gasteiger partial charge in [-0.25, -0.2) is 0 Å². The van der Waals surface area contributed by atoms with E-state index in [0.29, 0.717) is 11.6 Å². The van der Waals surface area contributed by atoms with Crippen molar-refractivity contribution in [1.82, 2.24) is 5.32 Å². The molecule has 1 aromatic heterocycles. The highest BCUT2D eigenvalue weighted by Gasteiger charge is 2.19. The van der Waals surface area contributed by atoms with Crippen molar-refractivity contribution in [3.05, 3.63) is 36.1 Å². The average molecular weight is 243 g/mol. The second-order valence-corrected chi connectivity index (χ2v) is 4.95. The molecular weight excluding hydrogens is 226 g/mol. The number of carbonyl (C=O) groups is 1. The number of fused-ring (bicyclic) bond motifs is 1. The average Bonchev–Trinajstić information content (AvgIpc) is 2.84. The summed E-state index contributed by atoms with van der Waals surface area (Å²) < 4.78 is 5.40. The number of hydrogen-bond donors (Lipinski definition) is 1. The van der Waals surface area contributed by atoms with E-state index in [1.807, 2.05) is 24.3 Å². The second kappa shape index (κ2) is 4.84. The number of furan rings is 1. The van der Waals surface area contributed by atoms with Gasteiger partial charge in [0.2, 0.25) is 0 Å². The van der Waals surface area contributed by atoms with Crippen molar-refractivity contribution in [1.29, 1.82) is 0 Å². The van der Waals surface area contributed by atoms with Crippen molar-refractivity contribution in [2.75, 3.05) is 0 Å². The summed E-state index contributed by atoms with van der Waals surface area (Å²) in [5, 5.41) is 4.01. The van der Waals surface area contributed by atoms with E-state index in [1.165, 1.54) is 19.3 Å². The minimum absolute atomic E-state index is 0.00755. The summed E-state index contributed by atoms with van der Waals surface area (Å²) in [6, 6.07) is 7.98. The highest BCUT2D eigenvalue weighted by atomic mass is 16.3. The van der Waals surface area contributed by atoms with Crippen molar-refractivity contribution in [3.63, 3.8) is 0 Å². The van der Waals surface area contributed by atoms with Crippen LogP contribution in [0.2, 0.25) is 0 Å². The van der Waals surface area contributed by atoms with Gasteiger partial charge in [-0.3, -0.25) is 4.79 Å². The van der Waals surface area contributed by atoms with Gasteiger partial charge in [-0.1, -0.05) is 37.5 Å². The summed E-state index contributed by atoms with van der Waals surface area (Å²) in [5.74, 6) is -0.00755. The number of para-hydroxylation sites is 1. The van der Waals surface area contributed by atoms with Gasteiger partial charge >= 0.3 is 0 Å². The van der Waals surface area contributed by atoms with Crippen LogP contribution in [0.3, 0.4) is 0 Å². The Morgan fingerprint density at radius 3 is 2.78 bits per heavy atom. The van der Waals surface area contributed by atoms with Crippen molar-refractivity contribution >= 4 is 16.9 Å². The van der Waals surface area contributed by atoms with Crippen LogP contribution in [0, 0.1) is 0 Å². The fourth-order valence-corrected chi connectivity index (χ4v) is 2.66. The van der Waals surface area contributed by atoms with Crippen LogP contribution in [0.5, 0.6) is 0 Å². The first-order valence-electron chi connectivity index (χ1n) is 6.62. The van der Waals surface area contributed by atoms with Gasteiger partial charge in [-0.05, 0) is 18.9 Å². The molecule has 1 fully saturated rings. The summed E-state index contributed by atoms with van der Waals surface area (Å²) in [7, 11) is 0. The maximum absolute atomic E-state index is 12.2. The molecule has 3 heteroatoms. The fourth-order valence-electron chi connectivity index (χ4n) is 2.66. The molecule has 1 amide bonds. The smallest absolute Gasteiger partial charge is 0.255 e. The quantitative estimate of drug-likeness (QED) is 0.877. The van der Waals surface area contributed by atoms with E-state index in [4.69, 9.17) is 4.42 Å². The highest BCUT2D eigenvalue weighted by Crippen LogP contribution is 2.22. The maximum Gasteiger partial charge on any atom is 0.255 e. The Balaban J connectivity index is 1.79. The zero-order valence-corrected chi connectivity index (χ0v) is 10.3. The predicted octanol–water partition coefficient (Wildman–Crippen LogP) is 3.50. The van der Waals surface area contributed by atoms with Crippen LogP contribution in [0.1, 0.15) is 42.5 Å². The first kappa shape index (κ1) is 11.3. The normalized spacial score (nSPS) is 16.9. The third-order valence-electron chi connectivity index (χ3n) is 3.67. The van der Waals surface area contributed by atoms with E-state index in [9.17, 15) is 4.79 Å². The van der Waals surface area contributed by atoms with Gasteiger partial charge in [0.25, 0.3) is 5.91 Å². The lowest BCUT2D eigenvalue weighted by Gasteiger charge is -2.22. The lowest BCUT2D eigenvalue weighted by molar-refractivity contribution is 0.0928. The molecule has 1 saturated carbocycles. The first-order chi connectivity index (χ1) is 8.84. The minimum atomic E-state index is -0.00755. The van der Waals surface area contributed by atoms with Gasteiger partial charge in [0, 0.05) is 11.4 Å². The second-order valence-electron chi connectivity index (χ2n) is 4.95. The van der Waals surface area contributed by atoms with E-state index in [1.54, 1.807) is 6.26 Å². The van der Waals surface area contributed by atoms with E-state index in [0.717, 1.165) is 23.8 Å². The largest absolute Gasteiger partial charge is 0.463 e. The van der Waals surface area contributed by atoms with Gasteiger partial charge in [-0.2, -0.15) is 0 Å². The molecule has 1 N–H and O–H groups in total.